The Morgan fingerprint density at radius 3 is 2.48 bits per heavy atom. The fourth-order valence-corrected chi connectivity index (χ4v) is 2.03. The lowest BCUT2D eigenvalue weighted by Crippen LogP contribution is -2.30. The monoisotopic (exact) mass is 331 g/mol. The Labute approximate surface area is 127 Å². The third-order valence-electron chi connectivity index (χ3n) is 3.12. The van der Waals surface area contributed by atoms with E-state index in [-0.39, 0.29) is 18.6 Å². The van der Waals surface area contributed by atoms with Gasteiger partial charge in [0.05, 0.1) is 0 Å². The van der Waals surface area contributed by atoms with Crippen molar-refractivity contribution in [2.75, 3.05) is 5.32 Å². The third-order valence-corrected chi connectivity index (χ3v) is 3.12. The molecule has 0 aliphatic heterocycles. The van der Waals surface area contributed by atoms with Gasteiger partial charge in [-0.1, -0.05) is 0 Å². The van der Waals surface area contributed by atoms with Crippen LogP contribution in [0.2, 0.25) is 0 Å². The highest BCUT2D eigenvalue weighted by Crippen LogP contribution is 2.19. The number of nitrogens with zero attached hydrogens (tertiary/aromatic N) is 4. The van der Waals surface area contributed by atoms with Crippen LogP contribution in [0.1, 0.15) is 23.4 Å². The number of hydrogen-bond acceptors (Lipinski definition) is 5. The standard InChI is InChI=1S/C12H12F3N5O3/c1-5-7(3-4-8(21)22)6(2)20-11(16-5)18-10(19-20)17-9(23)12(13,14)15/h3-4H2,1-2H3,(H,21,22)(H,17,19,23). The Bertz CT molecular complexity index is 784. The summed E-state index contributed by atoms with van der Waals surface area (Å²) in [5, 5.41) is 14.0. The van der Waals surface area contributed by atoms with Gasteiger partial charge in [0.2, 0.25) is 0 Å². The SMILES string of the molecule is Cc1nc2nc(NC(=O)C(F)(F)F)nn2c(C)c1CCC(=O)O. The van der Waals surface area contributed by atoms with E-state index in [1.165, 1.54) is 0 Å². The summed E-state index contributed by atoms with van der Waals surface area (Å²) in [5.74, 6) is -3.69. The summed E-state index contributed by atoms with van der Waals surface area (Å²) in [5.41, 5.74) is 1.60. The van der Waals surface area contributed by atoms with Gasteiger partial charge in [0.25, 0.3) is 11.7 Å². The topological polar surface area (TPSA) is 109 Å². The molecule has 2 N–H and O–H groups in total. The zero-order valence-electron chi connectivity index (χ0n) is 12.1. The van der Waals surface area contributed by atoms with Crippen molar-refractivity contribution >= 4 is 23.6 Å². The smallest absolute Gasteiger partial charge is 0.471 e. The van der Waals surface area contributed by atoms with Crippen molar-refractivity contribution in [3.05, 3.63) is 17.0 Å². The van der Waals surface area contributed by atoms with E-state index in [2.05, 4.69) is 15.1 Å². The number of rotatable bonds is 4. The molecule has 1 amide bonds. The molecule has 0 radical (unpaired) electrons. The second kappa shape index (κ2) is 5.82. The van der Waals surface area contributed by atoms with Gasteiger partial charge in [-0.15, -0.1) is 5.10 Å². The normalized spacial score (nSPS) is 11.7. The van der Waals surface area contributed by atoms with Crippen LogP contribution in [0, 0.1) is 13.8 Å². The zero-order chi connectivity index (χ0) is 17.4. The van der Waals surface area contributed by atoms with Crippen LogP contribution in [-0.2, 0) is 16.0 Å². The van der Waals surface area contributed by atoms with Gasteiger partial charge in [0.15, 0.2) is 0 Å². The molecule has 0 bridgehead atoms. The quantitative estimate of drug-likeness (QED) is 0.873. The molecule has 0 saturated carbocycles. The molecule has 124 valence electrons. The summed E-state index contributed by atoms with van der Waals surface area (Å²) in [6.45, 7) is 3.25. The third kappa shape index (κ3) is 3.55. The molecule has 0 saturated heterocycles. The van der Waals surface area contributed by atoms with E-state index in [0.29, 0.717) is 17.0 Å². The molecule has 0 unspecified atom stereocenters. The molecule has 2 aromatic heterocycles. The number of aliphatic carboxylic acids is 1. The molecular formula is C12H12F3N5O3. The van der Waals surface area contributed by atoms with Gasteiger partial charge >= 0.3 is 18.1 Å². The van der Waals surface area contributed by atoms with Gasteiger partial charge in [-0.25, -0.2) is 4.98 Å². The molecule has 2 aromatic rings. The van der Waals surface area contributed by atoms with Gasteiger partial charge in [0.1, 0.15) is 0 Å². The first-order valence-corrected chi connectivity index (χ1v) is 6.42. The number of aromatic nitrogens is 4. The van der Waals surface area contributed by atoms with Crippen molar-refractivity contribution in [2.45, 2.75) is 32.9 Å². The lowest BCUT2D eigenvalue weighted by Gasteiger charge is -2.08. The number of aryl methyl sites for hydroxylation is 2. The van der Waals surface area contributed by atoms with Crippen LogP contribution >= 0.6 is 0 Å². The van der Waals surface area contributed by atoms with E-state index in [1.807, 2.05) is 0 Å². The van der Waals surface area contributed by atoms with Crippen molar-refractivity contribution in [2.24, 2.45) is 0 Å². The van der Waals surface area contributed by atoms with Crippen molar-refractivity contribution in [3.8, 4) is 0 Å². The molecule has 0 spiro atoms. The van der Waals surface area contributed by atoms with E-state index in [0.717, 1.165) is 4.52 Å². The number of carboxylic acid groups (broad SMARTS) is 1. The molecule has 23 heavy (non-hydrogen) atoms. The van der Waals surface area contributed by atoms with E-state index in [1.54, 1.807) is 19.2 Å². The fourth-order valence-electron chi connectivity index (χ4n) is 2.03. The second-order valence-electron chi connectivity index (χ2n) is 4.75. The summed E-state index contributed by atoms with van der Waals surface area (Å²) in [4.78, 5) is 29.4. The molecule has 2 heterocycles. The zero-order valence-corrected chi connectivity index (χ0v) is 12.1. The number of alkyl halides is 3. The average Bonchev–Trinajstić information content (AvgIpc) is 2.79. The number of carbonyl (C=O) groups excluding carboxylic acids is 1. The van der Waals surface area contributed by atoms with Crippen LogP contribution in [0.5, 0.6) is 0 Å². The molecule has 2 rings (SSSR count). The fraction of sp³-hybridized carbons (Fsp3) is 0.417. The minimum atomic E-state index is -5.05. The van der Waals surface area contributed by atoms with Gasteiger partial charge in [-0.2, -0.15) is 22.7 Å². The minimum Gasteiger partial charge on any atom is -0.481 e. The Morgan fingerprint density at radius 1 is 1.26 bits per heavy atom. The van der Waals surface area contributed by atoms with E-state index < -0.39 is 24.0 Å². The van der Waals surface area contributed by atoms with Crippen molar-refractivity contribution < 1.29 is 27.9 Å². The lowest BCUT2D eigenvalue weighted by atomic mass is 10.1. The summed E-state index contributed by atoms with van der Waals surface area (Å²) >= 11 is 0. The highest BCUT2D eigenvalue weighted by Gasteiger charge is 2.39. The van der Waals surface area contributed by atoms with Crippen LogP contribution in [-0.4, -0.2) is 42.7 Å². The number of halogens is 3. The maximum absolute atomic E-state index is 12.2. The van der Waals surface area contributed by atoms with Crippen LogP contribution < -0.4 is 5.32 Å². The molecule has 0 fully saturated rings. The van der Waals surface area contributed by atoms with Crippen LogP contribution in [0.4, 0.5) is 19.1 Å². The largest absolute Gasteiger partial charge is 0.481 e. The molecule has 0 aliphatic carbocycles. The second-order valence-corrected chi connectivity index (χ2v) is 4.75. The number of amides is 1. The Kier molecular flexibility index (Phi) is 4.21. The Hall–Kier alpha value is -2.72. The molecule has 0 aliphatic rings. The molecule has 0 aromatic carbocycles. The first-order chi connectivity index (χ1) is 10.6. The Balaban J connectivity index is 2.38. The number of carboxylic acids is 1. The first-order valence-electron chi connectivity index (χ1n) is 6.42. The maximum Gasteiger partial charge on any atom is 0.471 e. The predicted octanol–water partition coefficient (Wildman–Crippen LogP) is 1.26. The van der Waals surface area contributed by atoms with Crippen molar-refractivity contribution in [1.82, 2.24) is 19.6 Å². The predicted molar refractivity (Wildman–Crippen MR) is 70.9 cm³/mol. The molecular weight excluding hydrogens is 319 g/mol. The number of nitrogens with one attached hydrogen (secondary N) is 1. The molecule has 0 atom stereocenters. The molecule has 8 nitrogen and oxygen atoms in total. The van der Waals surface area contributed by atoms with E-state index in [4.69, 9.17) is 5.11 Å². The van der Waals surface area contributed by atoms with Gasteiger partial charge in [-0.05, 0) is 25.8 Å². The van der Waals surface area contributed by atoms with E-state index >= 15 is 0 Å². The van der Waals surface area contributed by atoms with Crippen LogP contribution in [0.3, 0.4) is 0 Å². The number of anilines is 1. The number of fused-ring (bicyclic) bond motifs is 1. The Morgan fingerprint density at radius 2 is 1.91 bits per heavy atom. The highest BCUT2D eigenvalue weighted by molar-refractivity contribution is 5.93. The van der Waals surface area contributed by atoms with E-state index in [9.17, 15) is 22.8 Å². The van der Waals surface area contributed by atoms with Crippen molar-refractivity contribution in [3.63, 3.8) is 0 Å². The highest BCUT2D eigenvalue weighted by atomic mass is 19.4. The first kappa shape index (κ1) is 16.6. The number of carbonyl (C=O) groups is 2. The van der Waals surface area contributed by atoms with Gasteiger partial charge < -0.3 is 5.11 Å². The average molecular weight is 331 g/mol. The summed E-state index contributed by atoms with van der Waals surface area (Å²) in [6, 6.07) is 0. The van der Waals surface area contributed by atoms with Gasteiger partial charge in [-0.3, -0.25) is 14.9 Å². The van der Waals surface area contributed by atoms with Gasteiger partial charge in [0, 0.05) is 17.8 Å². The molecule has 11 heteroatoms. The minimum absolute atomic E-state index is 0.0107. The summed E-state index contributed by atoms with van der Waals surface area (Å²) in [7, 11) is 0. The summed E-state index contributed by atoms with van der Waals surface area (Å²) < 4.78 is 37.8. The number of hydrogen-bond donors (Lipinski definition) is 2. The van der Waals surface area contributed by atoms with Crippen LogP contribution in [0.25, 0.3) is 5.78 Å². The van der Waals surface area contributed by atoms with Crippen molar-refractivity contribution in [1.29, 1.82) is 0 Å². The maximum atomic E-state index is 12.2. The van der Waals surface area contributed by atoms with Crippen LogP contribution in [0.15, 0.2) is 0 Å². The lowest BCUT2D eigenvalue weighted by molar-refractivity contribution is -0.167. The summed E-state index contributed by atoms with van der Waals surface area (Å²) in [6.07, 6.45) is -4.98.